The number of amidine groups is 1. The number of benzene rings is 1. The summed E-state index contributed by atoms with van der Waals surface area (Å²) in [6.07, 6.45) is 6.22. The number of nitrogens with two attached hydrogens (primary N) is 1. The topological polar surface area (TPSA) is 79.3 Å². The smallest absolute Gasteiger partial charge is 0.168 e. The Kier molecular flexibility index (Phi) is 4.32. The molecule has 4 N–H and O–H groups in total. The molecule has 4 rings (SSSR count). The number of nitrogens with zero attached hydrogens (tertiary/aromatic N) is 1. The van der Waals surface area contributed by atoms with E-state index in [2.05, 4.69) is 40.5 Å². The van der Waals surface area contributed by atoms with Crippen molar-refractivity contribution in [1.29, 1.82) is 0 Å². The number of hydrogen-bond acceptors (Lipinski definition) is 3. The van der Waals surface area contributed by atoms with Crippen molar-refractivity contribution < 1.29 is 4.42 Å². The number of aromatic nitrogens is 1. The Bertz CT molecular complexity index is 872. The van der Waals surface area contributed by atoms with E-state index in [1.165, 1.54) is 23.8 Å². The van der Waals surface area contributed by atoms with Gasteiger partial charge in [-0.05, 0) is 73.7 Å². The lowest BCUT2D eigenvalue weighted by atomic mass is 9.81. The maximum Gasteiger partial charge on any atom is 0.168 e. The number of piperidine rings is 1. The Labute approximate surface area is 147 Å². The van der Waals surface area contributed by atoms with Crippen molar-refractivity contribution in [2.45, 2.75) is 25.7 Å². The largest absolute Gasteiger partial charge is 0.461 e. The Morgan fingerprint density at radius 2 is 2.12 bits per heavy atom. The molecule has 0 bridgehead atoms. The summed E-state index contributed by atoms with van der Waals surface area (Å²) in [4.78, 5) is 7.92. The zero-order valence-electron chi connectivity index (χ0n) is 14.5. The maximum atomic E-state index is 6.05. The first-order valence-electron chi connectivity index (χ1n) is 8.92. The minimum Gasteiger partial charge on any atom is -0.461 e. The fourth-order valence-electron chi connectivity index (χ4n) is 3.79. The lowest BCUT2D eigenvalue weighted by molar-refractivity contribution is 0.331. The summed E-state index contributed by atoms with van der Waals surface area (Å²) in [6, 6.07) is 9.80. The molecular weight excluding hydrogens is 312 g/mol. The molecule has 0 amide bonds. The quantitative estimate of drug-likeness (QED) is 0.499. The second kappa shape index (κ2) is 6.76. The maximum absolute atomic E-state index is 6.05. The van der Waals surface area contributed by atoms with E-state index in [4.69, 9.17) is 10.2 Å². The first-order valence-corrected chi connectivity index (χ1v) is 8.92. The summed E-state index contributed by atoms with van der Waals surface area (Å²) in [6.45, 7) is 4.57. The van der Waals surface area contributed by atoms with Crippen LogP contribution < -0.4 is 11.1 Å². The highest BCUT2D eigenvalue weighted by atomic mass is 16.3. The van der Waals surface area contributed by atoms with Crippen LogP contribution in [0.4, 0.5) is 5.69 Å². The van der Waals surface area contributed by atoms with E-state index in [-0.39, 0.29) is 0 Å². The lowest BCUT2D eigenvalue weighted by Crippen LogP contribution is -2.30. The lowest BCUT2D eigenvalue weighted by Gasteiger charge is -2.28. The molecule has 0 saturated carbocycles. The minimum atomic E-state index is 0.396. The second-order valence-electron chi connectivity index (χ2n) is 6.82. The molecule has 1 atom stereocenters. The van der Waals surface area contributed by atoms with Gasteiger partial charge in [0.15, 0.2) is 11.6 Å². The first kappa shape index (κ1) is 16.0. The van der Waals surface area contributed by atoms with Gasteiger partial charge in [0.1, 0.15) is 0 Å². The number of fused-ring (bicyclic) bond motifs is 1. The van der Waals surface area contributed by atoms with Crippen LogP contribution in [-0.2, 0) is 0 Å². The van der Waals surface area contributed by atoms with Crippen molar-refractivity contribution in [1.82, 2.24) is 10.3 Å². The zero-order chi connectivity index (χ0) is 17.2. The Morgan fingerprint density at radius 3 is 2.88 bits per heavy atom. The Hall–Kier alpha value is -2.53. The standard InChI is InChI=1S/C20H24N4O/c1-13(14-6-8-22-9-7-14)17-12-23-18-5-4-15(11-16(17)18)24-20(21)19-3-2-10-25-19/h2-5,10-14,22-23H,6-9H2,1H3,(H2,21,24). The molecule has 25 heavy (non-hydrogen) atoms. The van der Waals surface area contributed by atoms with E-state index < -0.39 is 0 Å². The highest BCUT2D eigenvalue weighted by Gasteiger charge is 2.23. The molecule has 1 aliphatic rings. The molecule has 1 fully saturated rings. The number of furan rings is 1. The van der Waals surface area contributed by atoms with Crippen LogP contribution in [0.3, 0.4) is 0 Å². The van der Waals surface area contributed by atoms with Gasteiger partial charge in [-0.2, -0.15) is 0 Å². The summed E-state index contributed by atoms with van der Waals surface area (Å²) in [5.41, 5.74) is 9.41. The molecule has 3 aromatic rings. The summed E-state index contributed by atoms with van der Waals surface area (Å²) < 4.78 is 5.31. The molecule has 1 aromatic carbocycles. The second-order valence-corrected chi connectivity index (χ2v) is 6.82. The Balaban J connectivity index is 1.66. The molecule has 0 radical (unpaired) electrons. The van der Waals surface area contributed by atoms with E-state index in [0.29, 0.717) is 17.5 Å². The van der Waals surface area contributed by atoms with Crippen LogP contribution in [0.15, 0.2) is 52.2 Å². The van der Waals surface area contributed by atoms with Gasteiger partial charge < -0.3 is 20.5 Å². The SMILES string of the molecule is CC(c1c[nH]c2ccc(N=C(N)c3ccco3)cc12)C1CCNCC1. The fraction of sp³-hybridized carbons (Fsp3) is 0.350. The number of nitrogens with one attached hydrogen (secondary N) is 2. The van der Waals surface area contributed by atoms with Crippen LogP contribution in [0.1, 0.15) is 37.0 Å². The summed E-state index contributed by atoms with van der Waals surface area (Å²) in [5.74, 6) is 2.24. The highest BCUT2D eigenvalue weighted by Crippen LogP contribution is 2.36. The molecule has 0 aliphatic carbocycles. The number of rotatable bonds is 4. The van der Waals surface area contributed by atoms with E-state index in [0.717, 1.165) is 30.2 Å². The van der Waals surface area contributed by atoms with Gasteiger partial charge in [-0.1, -0.05) is 6.92 Å². The third-order valence-electron chi connectivity index (χ3n) is 5.30. The van der Waals surface area contributed by atoms with Crippen molar-refractivity contribution in [2.24, 2.45) is 16.6 Å². The number of hydrogen-bond donors (Lipinski definition) is 3. The van der Waals surface area contributed by atoms with E-state index in [1.54, 1.807) is 6.26 Å². The number of aromatic amines is 1. The highest BCUT2D eigenvalue weighted by molar-refractivity contribution is 5.97. The average molecular weight is 336 g/mol. The molecule has 1 unspecified atom stereocenters. The van der Waals surface area contributed by atoms with Crippen LogP contribution >= 0.6 is 0 Å². The first-order chi connectivity index (χ1) is 12.2. The van der Waals surface area contributed by atoms with Gasteiger partial charge in [0, 0.05) is 17.1 Å². The van der Waals surface area contributed by atoms with Gasteiger partial charge in [-0.3, -0.25) is 0 Å². The van der Waals surface area contributed by atoms with Gasteiger partial charge in [0.05, 0.1) is 12.0 Å². The van der Waals surface area contributed by atoms with Crippen molar-refractivity contribution in [3.8, 4) is 0 Å². The van der Waals surface area contributed by atoms with Gasteiger partial charge in [0.25, 0.3) is 0 Å². The zero-order valence-corrected chi connectivity index (χ0v) is 14.5. The van der Waals surface area contributed by atoms with Crippen LogP contribution in [0.2, 0.25) is 0 Å². The van der Waals surface area contributed by atoms with E-state index in [9.17, 15) is 0 Å². The van der Waals surface area contributed by atoms with Crippen LogP contribution in [0.5, 0.6) is 0 Å². The van der Waals surface area contributed by atoms with Crippen LogP contribution in [0.25, 0.3) is 10.9 Å². The summed E-state index contributed by atoms with van der Waals surface area (Å²) in [7, 11) is 0. The average Bonchev–Trinajstić information content (AvgIpc) is 3.31. The molecular formula is C20H24N4O. The van der Waals surface area contributed by atoms with Crippen molar-refractivity contribution in [3.63, 3.8) is 0 Å². The molecule has 1 aliphatic heterocycles. The van der Waals surface area contributed by atoms with Crippen molar-refractivity contribution in [2.75, 3.05) is 13.1 Å². The molecule has 130 valence electrons. The molecule has 5 heteroatoms. The monoisotopic (exact) mass is 336 g/mol. The molecule has 0 spiro atoms. The third-order valence-corrected chi connectivity index (χ3v) is 5.30. The minimum absolute atomic E-state index is 0.396. The van der Waals surface area contributed by atoms with Gasteiger partial charge in [0.2, 0.25) is 0 Å². The summed E-state index contributed by atoms with van der Waals surface area (Å²) >= 11 is 0. The number of aliphatic imine (C=N–C) groups is 1. The Morgan fingerprint density at radius 1 is 1.28 bits per heavy atom. The van der Waals surface area contributed by atoms with E-state index in [1.807, 2.05) is 18.2 Å². The fourth-order valence-corrected chi connectivity index (χ4v) is 3.79. The third kappa shape index (κ3) is 3.20. The normalized spacial score (nSPS) is 17.9. The van der Waals surface area contributed by atoms with Crippen LogP contribution in [-0.4, -0.2) is 23.9 Å². The molecule has 3 heterocycles. The van der Waals surface area contributed by atoms with Gasteiger partial charge >= 0.3 is 0 Å². The predicted octanol–water partition coefficient (Wildman–Crippen LogP) is 3.90. The van der Waals surface area contributed by atoms with Gasteiger partial charge in [-0.15, -0.1) is 0 Å². The molecule has 1 saturated heterocycles. The summed E-state index contributed by atoms with van der Waals surface area (Å²) in [5, 5.41) is 4.68. The van der Waals surface area contributed by atoms with Crippen molar-refractivity contribution in [3.05, 3.63) is 54.1 Å². The van der Waals surface area contributed by atoms with Gasteiger partial charge in [-0.25, -0.2) is 4.99 Å². The van der Waals surface area contributed by atoms with Crippen molar-refractivity contribution >= 4 is 22.4 Å². The number of H-pyrrole nitrogens is 1. The predicted molar refractivity (Wildman–Crippen MR) is 101 cm³/mol. The molecule has 2 aromatic heterocycles. The van der Waals surface area contributed by atoms with E-state index >= 15 is 0 Å². The van der Waals surface area contributed by atoms with Crippen LogP contribution in [0, 0.1) is 5.92 Å². The molecule has 5 nitrogen and oxygen atoms in total.